The van der Waals surface area contributed by atoms with Crippen LogP contribution in [0.15, 0.2) is 24.3 Å². The fraction of sp³-hybridized carbons (Fsp3) is 0.500. The second-order valence-electron chi connectivity index (χ2n) is 4.48. The zero-order valence-corrected chi connectivity index (χ0v) is 8.40. The third-order valence-electron chi connectivity index (χ3n) is 2.93. The molecule has 1 aromatic carbocycles. The Morgan fingerprint density at radius 2 is 2.14 bits per heavy atom. The molecule has 0 bridgehead atoms. The van der Waals surface area contributed by atoms with Crippen LogP contribution in [0.25, 0.3) is 0 Å². The third kappa shape index (κ3) is 2.07. The van der Waals surface area contributed by atoms with Gasteiger partial charge in [0.2, 0.25) is 0 Å². The Morgan fingerprint density at radius 3 is 2.71 bits per heavy atom. The van der Waals surface area contributed by atoms with Gasteiger partial charge in [0.05, 0.1) is 5.60 Å². The highest BCUT2D eigenvalue weighted by Crippen LogP contribution is 2.41. The number of aliphatic hydroxyl groups is 1. The summed E-state index contributed by atoms with van der Waals surface area (Å²) in [6.07, 6.45) is 2.89. The summed E-state index contributed by atoms with van der Waals surface area (Å²) in [6.45, 7) is 1.88. The van der Waals surface area contributed by atoms with Gasteiger partial charge in [-0.2, -0.15) is 0 Å². The number of phenols is 1. The molecule has 2 heteroatoms. The molecule has 1 unspecified atom stereocenters. The second-order valence-corrected chi connectivity index (χ2v) is 4.48. The summed E-state index contributed by atoms with van der Waals surface area (Å²) in [7, 11) is 0. The van der Waals surface area contributed by atoms with Crippen molar-refractivity contribution in [3.63, 3.8) is 0 Å². The van der Waals surface area contributed by atoms with E-state index in [0.29, 0.717) is 12.3 Å². The van der Waals surface area contributed by atoms with E-state index >= 15 is 0 Å². The van der Waals surface area contributed by atoms with Crippen LogP contribution in [0.4, 0.5) is 0 Å². The standard InChI is InChI=1S/C12H16O2/c1-12(14,10-5-6-10)8-9-3-2-4-11(13)7-9/h2-4,7,10,13-14H,5-6,8H2,1H3. The molecule has 76 valence electrons. The van der Waals surface area contributed by atoms with E-state index in [1.54, 1.807) is 12.1 Å². The molecule has 0 aliphatic heterocycles. The van der Waals surface area contributed by atoms with Crippen LogP contribution >= 0.6 is 0 Å². The van der Waals surface area contributed by atoms with Crippen LogP contribution in [0.1, 0.15) is 25.3 Å². The summed E-state index contributed by atoms with van der Waals surface area (Å²) in [6, 6.07) is 7.12. The molecule has 1 saturated carbocycles. The maximum absolute atomic E-state index is 10.1. The molecular weight excluding hydrogens is 176 g/mol. The summed E-state index contributed by atoms with van der Waals surface area (Å²) in [5.74, 6) is 0.721. The molecule has 0 spiro atoms. The molecule has 14 heavy (non-hydrogen) atoms. The van der Waals surface area contributed by atoms with Gasteiger partial charge in [-0.05, 0) is 43.4 Å². The molecule has 2 N–H and O–H groups in total. The quantitative estimate of drug-likeness (QED) is 0.770. The molecule has 0 saturated heterocycles. The van der Waals surface area contributed by atoms with Crippen molar-refractivity contribution >= 4 is 0 Å². The van der Waals surface area contributed by atoms with Gasteiger partial charge in [-0.15, -0.1) is 0 Å². The lowest BCUT2D eigenvalue weighted by molar-refractivity contribution is 0.0372. The fourth-order valence-corrected chi connectivity index (χ4v) is 1.93. The van der Waals surface area contributed by atoms with Gasteiger partial charge in [-0.1, -0.05) is 12.1 Å². The van der Waals surface area contributed by atoms with Gasteiger partial charge in [0, 0.05) is 6.42 Å². The van der Waals surface area contributed by atoms with Crippen LogP contribution in [0.3, 0.4) is 0 Å². The largest absolute Gasteiger partial charge is 0.508 e. The van der Waals surface area contributed by atoms with E-state index in [0.717, 1.165) is 18.4 Å². The fourth-order valence-electron chi connectivity index (χ4n) is 1.93. The molecule has 0 amide bonds. The predicted molar refractivity (Wildman–Crippen MR) is 55.2 cm³/mol. The van der Waals surface area contributed by atoms with Crippen LogP contribution in [0, 0.1) is 5.92 Å². The van der Waals surface area contributed by atoms with Gasteiger partial charge in [-0.3, -0.25) is 0 Å². The van der Waals surface area contributed by atoms with Crippen molar-refractivity contribution in [1.29, 1.82) is 0 Å². The number of hydrogen-bond donors (Lipinski definition) is 2. The molecule has 2 rings (SSSR count). The number of benzene rings is 1. The minimum Gasteiger partial charge on any atom is -0.508 e. The molecule has 1 atom stereocenters. The van der Waals surface area contributed by atoms with Crippen LogP contribution in [-0.4, -0.2) is 15.8 Å². The monoisotopic (exact) mass is 192 g/mol. The Labute approximate surface area is 84.2 Å². The average molecular weight is 192 g/mol. The van der Waals surface area contributed by atoms with Crippen LogP contribution < -0.4 is 0 Å². The normalized spacial score (nSPS) is 20.4. The third-order valence-corrected chi connectivity index (χ3v) is 2.93. The molecule has 1 fully saturated rings. The number of rotatable bonds is 3. The SMILES string of the molecule is CC(O)(Cc1cccc(O)c1)C1CC1. The molecule has 2 nitrogen and oxygen atoms in total. The molecule has 1 aliphatic rings. The van der Waals surface area contributed by atoms with E-state index < -0.39 is 5.60 Å². The lowest BCUT2D eigenvalue weighted by Gasteiger charge is -2.22. The van der Waals surface area contributed by atoms with Crippen LogP contribution in [0.5, 0.6) is 5.75 Å². The van der Waals surface area contributed by atoms with Gasteiger partial charge < -0.3 is 10.2 Å². The predicted octanol–water partition coefficient (Wildman–Crippen LogP) is 2.10. The van der Waals surface area contributed by atoms with Gasteiger partial charge in [0.1, 0.15) is 5.75 Å². The van der Waals surface area contributed by atoms with Crippen molar-refractivity contribution in [2.75, 3.05) is 0 Å². The minimum absolute atomic E-state index is 0.272. The highest BCUT2D eigenvalue weighted by molar-refractivity contribution is 5.28. The first-order valence-electron chi connectivity index (χ1n) is 5.08. The van der Waals surface area contributed by atoms with Crippen LogP contribution in [-0.2, 0) is 6.42 Å². The minimum atomic E-state index is -0.603. The van der Waals surface area contributed by atoms with E-state index in [4.69, 9.17) is 0 Å². The highest BCUT2D eigenvalue weighted by Gasteiger charge is 2.39. The van der Waals surface area contributed by atoms with E-state index in [2.05, 4.69) is 0 Å². The summed E-state index contributed by atoms with van der Waals surface area (Å²) >= 11 is 0. The summed E-state index contributed by atoms with van der Waals surface area (Å²) in [5, 5.41) is 19.4. The number of phenolic OH excluding ortho intramolecular Hbond substituents is 1. The zero-order chi connectivity index (χ0) is 10.2. The Balaban J connectivity index is 2.09. The highest BCUT2D eigenvalue weighted by atomic mass is 16.3. The first kappa shape index (κ1) is 9.53. The maximum atomic E-state index is 10.1. The number of aromatic hydroxyl groups is 1. The second kappa shape index (κ2) is 3.28. The Hall–Kier alpha value is -1.02. The first-order valence-corrected chi connectivity index (χ1v) is 5.08. The molecular formula is C12H16O2. The molecule has 0 heterocycles. The average Bonchev–Trinajstić information content (AvgIpc) is 2.84. The lowest BCUT2D eigenvalue weighted by atomic mass is 9.92. The zero-order valence-electron chi connectivity index (χ0n) is 8.40. The van der Waals surface area contributed by atoms with Crippen LogP contribution in [0.2, 0.25) is 0 Å². The topological polar surface area (TPSA) is 40.5 Å². The van der Waals surface area contributed by atoms with E-state index in [-0.39, 0.29) is 5.75 Å². The van der Waals surface area contributed by atoms with Gasteiger partial charge in [0.25, 0.3) is 0 Å². The van der Waals surface area contributed by atoms with Gasteiger partial charge in [-0.25, -0.2) is 0 Å². The maximum Gasteiger partial charge on any atom is 0.115 e. The van der Waals surface area contributed by atoms with Crippen molar-refractivity contribution in [3.8, 4) is 5.75 Å². The molecule has 1 aromatic rings. The number of hydrogen-bond acceptors (Lipinski definition) is 2. The van der Waals surface area contributed by atoms with Gasteiger partial charge in [0.15, 0.2) is 0 Å². The van der Waals surface area contributed by atoms with Crippen molar-refractivity contribution in [2.45, 2.75) is 31.8 Å². The Kier molecular flexibility index (Phi) is 2.23. The van der Waals surface area contributed by atoms with Crippen molar-refractivity contribution in [3.05, 3.63) is 29.8 Å². The summed E-state index contributed by atoms with van der Waals surface area (Å²) < 4.78 is 0. The Bertz CT molecular complexity index is 327. The van der Waals surface area contributed by atoms with E-state index in [1.807, 2.05) is 19.1 Å². The smallest absolute Gasteiger partial charge is 0.115 e. The summed E-state index contributed by atoms with van der Waals surface area (Å²) in [5.41, 5.74) is 0.398. The first-order chi connectivity index (χ1) is 6.58. The molecule has 0 aromatic heterocycles. The summed E-state index contributed by atoms with van der Waals surface area (Å²) in [4.78, 5) is 0. The van der Waals surface area contributed by atoms with Gasteiger partial charge >= 0.3 is 0 Å². The van der Waals surface area contributed by atoms with E-state index in [1.165, 1.54) is 0 Å². The lowest BCUT2D eigenvalue weighted by Crippen LogP contribution is -2.29. The molecule has 0 radical (unpaired) electrons. The Morgan fingerprint density at radius 1 is 1.43 bits per heavy atom. The van der Waals surface area contributed by atoms with Crippen molar-refractivity contribution in [1.82, 2.24) is 0 Å². The van der Waals surface area contributed by atoms with Crippen molar-refractivity contribution in [2.24, 2.45) is 5.92 Å². The van der Waals surface area contributed by atoms with E-state index in [9.17, 15) is 10.2 Å². The van der Waals surface area contributed by atoms with Crippen molar-refractivity contribution < 1.29 is 10.2 Å². The molecule has 1 aliphatic carbocycles.